The molecule has 0 fully saturated rings. The molecule has 0 aliphatic heterocycles. The lowest BCUT2D eigenvalue weighted by atomic mass is 10.2. The maximum Gasteiger partial charge on any atom is 0.226 e. The van der Waals surface area contributed by atoms with Crippen molar-refractivity contribution in [1.29, 1.82) is 0 Å². The van der Waals surface area contributed by atoms with Crippen LogP contribution in [-0.2, 0) is 4.79 Å². The minimum atomic E-state index is -0.0289. The van der Waals surface area contributed by atoms with Gasteiger partial charge in [0.25, 0.3) is 0 Å². The summed E-state index contributed by atoms with van der Waals surface area (Å²) < 4.78 is 0. The summed E-state index contributed by atoms with van der Waals surface area (Å²) in [4.78, 5) is 11.9. The summed E-state index contributed by atoms with van der Waals surface area (Å²) in [5, 5.41) is 6.69. The van der Waals surface area contributed by atoms with Gasteiger partial charge in [-0.2, -0.15) is 0 Å². The first-order chi connectivity index (χ1) is 9.65. The minimum Gasteiger partial charge on any atom is -0.385 e. The molecule has 2 aromatic rings. The number of halogens is 1. The van der Waals surface area contributed by atoms with Crippen molar-refractivity contribution in [2.45, 2.75) is 13.3 Å². The molecule has 2 rings (SSSR count). The van der Waals surface area contributed by atoms with Gasteiger partial charge in [0.05, 0.1) is 0 Å². The van der Waals surface area contributed by atoms with Gasteiger partial charge in [0.1, 0.15) is 0 Å². The number of benzene rings is 2. The topological polar surface area (TPSA) is 41.1 Å². The van der Waals surface area contributed by atoms with Crippen molar-refractivity contribution in [2.24, 2.45) is 0 Å². The third-order valence-electron chi connectivity index (χ3n) is 2.93. The van der Waals surface area contributed by atoms with Crippen molar-refractivity contribution < 1.29 is 4.79 Å². The number of para-hydroxylation sites is 1. The summed E-state index contributed by atoms with van der Waals surface area (Å²) in [5.41, 5.74) is 2.78. The van der Waals surface area contributed by atoms with Crippen molar-refractivity contribution in [3.05, 3.63) is 59.1 Å². The lowest BCUT2D eigenvalue weighted by Crippen LogP contribution is -2.16. The highest BCUT2D eigenvalue weighted by molar-refractivity contribution is 6.31. The van der Waals surface area contributed by atoms with E-state index in [-0.39, 0.29) is 5.91 Å². The lowest BCUT2D eigenvalue weighted by Gasteiger charge is -2.10. The van der Waals surface area contributed by atoms with E-state index in [4.69, 9.17) is 11.6 Å². The summed E-state index contributed by atoms with van der Waals surface area (Å²) in [7, 11) is 0. The van der Waals surface area contributed by atoms with Crippen molar-refractivity contribution in [1.82, 2.24) is 0 Å². The molecule has 0 radical (unpaired) electrons. The lowest BCUT2D eigenvalue weighted by molar-refractivity contribution is -0.115. The van der Waals surface area contributed by atoms with E-state index in [2.05, 4.69) is 10.6 Å². The molecule has 0 heterocycles. The number of anilines is 2. The first kappa shape index (κ1) is 14.4. The van der Waals surface area contributed by atoms with Crippen LogP contribution in [0.15, 0.2) is 48.5 Å². The van der Waals surface area contributed by atoms with E-state index in [0.29, 0.717) is 18.0 Å². The Labute approximate surface area is 124 Å². The zero-order valence-corrected chi connectivity index (χ0v) is 12.1. The summed E-state index contributed by atoms with van der Waals surface area (Å²) in [5.74, 6) is -0.0289. The third-order valence-corrected chi connectivity index (χ3v) is 3.16. The molecule has 20 heavy (non-hydrogen) atoms. The minimum absolute atomic E-state index is 0.0289. The first-order valence-corrected chi connectivity index (χ1v) is 6.88. The van der Waals surface area contributed by atoms with Crippen LogP contribution in [0.25, 0.3) is 0 Å². The Hall–Kier alpha value is -2.00. The second kappa shape index (κ2) is 6.96. The Morgan fingerprint density at radius 2 is 1.90 bits per heavy atom. The molecule has 0 saturated carbocycles. The normalized spacial score (nSPS) is 10.1. The molecule has 0 spiro atoms. The van der Waals surface area contributed by atoms with Crippen molar-refractivity contribution in [2.75, 3.05) is 17.2 Å². The molecule has 1 amide bonds. The Bertz CT molecular complexity index is 584. The van der Waals surface area contributed by atoms with Gasteiger partial charge in [-0.3, -0.25) is 4.79 Å². The number of hydrogen-bond donors (Lipinski definition) is 2. The maximum atomic E-state index is 11.9. The third kappa shape index (κ3) is 4.28. The molecule has 0 unspecified atom stereocenters. The van der Waals surface area contributed by atoms with Gasteiger partial charge in [-0.05, 0) is 36.8 Å². The van der Waals surface area contributed by atoms with Crippen LogP contribution in [0.2, 0.25) is 5.02 Å². The highest BCUT2D eigenvalue weighted by atomic mass is 35.5. The van der Waals surface area contributed by atoms with E-state index < -0.39 is 0 Å². The molecule has 2 aromatic carbocycles. The average Bonchev–Trinajstić information content (AvgIpc) is 2.44. The van der Waals surface area contributed by atoms with Gasteiger partial charge in [-0.25, -0.2) is 0 Å². The molecular formula is C16H17ClN2O. The molecule has 0 bridgehead atoms. The molecule has 0 saturated heterocycles. The van der Waals surface area contributed by atoms with Crippen molar-refractivity contribution >= 4 is 28.9 Å². The molecule has 3 nitrogen and oxygen atoms in total. The maximum absolute atomic E-state index is 11.9. The van der Waals surface area contributed by atoms with Gasteiger partial charge in [0, 0.05) is 29.4 Å². The van der Waals surface area contributed by atoms with E-state index in [1.165, 1.54) is 0 Å². The van der Waals surface area contributed by atoms with E-state index >= 15 is 0 Å². The van der Waals surface area contributed by atoms with Crippen LogP contribution in [-0.4, -0.2) is 12.5 Å². The average molecular weight is 289 g/mol. The molecule has 0 aliphatic carbocycles. The molecule has 0 aromatic heterocycles. The molecule has 4 heteroatoms. The fourth-order valence-corrected chi connectivity index (χ4v) is 1.99. The standard InChI is InChI=1S/C16H17ClN2O/c1-12-7-8-13(17)11-15(12)19-16(20)9-10-18-14-5-3-2-4-6-14/h2-8,11,18H,9-10H2,1H3,(H,19,20). The summed E-state index contributed by atoms with van der Waals surface area (Å²) in [6.45, 7) is 2.53. The zero-order valence-electron chi connectivity index (χ0n) is 11.3. The van der Waals surface area contributed by atoms with E-state index in [1.807, 2.05) is 49.4 Å². The van der Waals surface area contributed by atoms with Gasteiger partial charge in [-0.15, -0.1) is 0 Å². The highest BCUT2D eigenvalue weighted by Crippen LogP contribution is 2.20. The number of nitrogens with one attached hydrogen (secondary N) is 2. The number of amides is 1. The zero-order chi connectivity index (χ0) is 14.4. The largest absolute Gasteiger partial charge is 0.385 e. The van der Waals surface area contributed by atoms with Crippen LogP contribution >= 0.6 is 11.6 Å². The Morgan fingerprint density at radius 3 is 2.65 bits per heavy atom. The fraction of sp³-hybridized carbons (Fsp3) is 0.188. The van der Waals surface area contributed by atoms with Gasteiger partial charge < -0.3 is 10.6 Å². The van der Waals surface area contributed by atoms with E-state index in [1.54, 1.807) is 6.07 Å². The molecule has 0 atom stereocenters. The molecule has 2 N–H and O–H groups in total. The van der Waals surface area contributed by atoms with Crippen molar-refractivity contribution in [3.63, 3.8) is 0 Å². The number of aryl methyl sites for hydroxylation is 1. The van der Waals surface area contributed by atoms with Gasteiger partial charge in [0.15, 0.2) is 0 Å². The highest BCUT2D eigenvalue weighted by Gasteiger charge is 2.05. The van der Waals surface area contributed by atoms with Crippen LogP contribution in [0.1, 0.15) is 12.0 Å². The summed E-state index contributed by atoms with van der Waals surface area (Å²) in [6, 6.07) is 15.3. The summed E-state index contributed by atoms with van der Waals surface area (Å²) in [6.07, 6.45) is 0.404. The quantitative estimate of drug-likeness (QED) is 0.870. The molecule has 104 valence electrons. The van der Waals surface area contributed by atoms with Crippen LogP contribution in [0.4, 0.5) is 11.4 Å². The van der Waals surface area contributed by atoms with E-state index in [0.717, 1.165) is 16.9 Å². The smallest absolute Gasteiger partial charge is 0.226 e. The van der Waals surface area contributed by atoms with Crippen LogP contribution in [0.5, 0.6) is 0 Å². The van der Waals surface area contributed by atoms with Crippen LogP contribution < -0.4 is 10.6 Å². The summed E-state index contributed by atoms with van der Waals surface area (Å²) >= 11 is 5.92. The Kier molecular flexibility index (Phi) is 5.02. The van der Waals surface area contributed by atoms with Crippen LogP contribution in [0, 0.1) is 6.92 Å². The number of hydrogen-bond acceptors (Lipinski definition) is 2. The predicted molar refractivity (Wildman–Crippen MR) is 84.4 cm³/mol. The number of carbonyl (C=O) groups excluding carboxylic acids is 1. The van der Waals surface area contributed by atoms with E-state index in [9.17, 15) is 4.79 Å². The first-order valence-electron chi connectivity index (χ1n) is 6.50. The Morgan fingerprint density at radius 1 is 1.15 bits per heavy atom. The monoisotopic (exact) mass is 288 g/mol. The van der Waals surface area contributed by atoms with Crippen molar-refractivity contribution in [3.8, 4) is 0 Å². The predicted octanol–water partition coefficient (Wildman–Crippen LogP) is 4.09. The second-order valence-corrected chi connectivity index (χ2v) is 4.99. The van der Waals surface area contributed by atoms with Gasteiger partial charge in [0.2, 0.25) is 5.91 Å². The fourth-order valence-electron chi connectivity index (χ4n) is 1.82. The van der Waals surface area contributed by atoms with Gasteiger partial charge in [-0.1, -0.05) is 35.9 Å². The molecular weight excluding hydrogens is 272 g/mol. The Balaban J connectivity index is 1.82. The number of carbonyl (C=O) groups is 1. The SMILES string of the molecule is Cc1ccc(Cl)cc1NC(=O)CCNc1ccccc1. The second-order valence-electron chi connectivity index (χ2n) is 4.55. The van der Waals surface area contributed by atoms with Crippen LogP contribution in [0.3, 0.4) is 0 Å². The molecule has 0 aliphatic rings. The van der Waals surface area contributed by atoms with Gasteiger partial charge >= 0.3 is 0 Å². The number of rotatable bonds is 5.